The minimum absolute atomic E-state index is 0.337. The number of allylic oxidation sites excluding steroid dienone is 1. The average Bonchev–Trinajstić information content (AvgIpc) is 1.89. The van der Waals surface area contributed by atoms with Gasteiger partial charge in [-0.2, -0.15) is 5.26 Å². The van der Waals surface area contributed by atoms with Crippen LogP contribution in [0, 0.1) is 11.3 Å². The first-order chi connectivity index (χ1) is 4.72. The van der Waals surface area contributed by atoms with Crippen molar-refractivity contribution in [2.24, 2.45) is 0 Å². The van der Waals surface area contributed by atoms with Crippen molar-refractivity contribution >= 4 is 5.97 Å². The first kappa shape index (κ1) is 8.70. The molecule has 0 aliphatic carbocycles. The predicted molar refractivity (Wildman–Crippen MR) is 36.0 cm³/mol. The normalized spacial score (nSPS) is 10.3. The molecule has 0 aliphatic rings. The number of hydrogen-bond donors (Lipinski definition) is 0. The smallest absolute Gasteiger partial charge is 0.334 e. The summed E-state index contributed by atoms with van der Waals surface area (Å²) in [5.74, 6) is -0.427. The third kappa shape index (κ3) is 2.88. The third-order valence-electron chi connectivity index (χ3n) is 0.878. The van der Waals surface area contributed by atoms with Gasteiger partial charge in [0.2, 0.25) is 0 Å². The molecular weight excluding hydrogens is 130 g/mol. The number of nitriles is 1. The van der Waals surface area contributed by atoms with Crippen LogP contribution >= 0.6 is 0 Å². The number of ether oxygens (including phenoxy) is 1. The first-order valence-electron chi connectivity index (χ1n) is 2.95. The molecule has 0 radical (unpaired) electrons. The van der Waals surface area contributed by atoms with Crippen molar-refractivity contribution in [2.75, 3.05) is 6.61 Å². The van der Waals surface area contributed by atoms with E-state index in [1.165, 1.54) is 0 Å². The Morgan fingerprint density at radius 1 is 1.80 bits per heavy atom. The van der Waals surface area contributed by atoms with E-state index in [1.807, 2.05) is 0 Å². The van der Waals surface area contributed by atoms with Crippen molar-refractivity contribution in [2.45, 2.75) is 13.8 Å². The van der Waals surface area contributed by atoms with Gasteiger partial charge >= 0.3 is 5.97 Å². The molecule has 0 heterocycles. The van der Waals surface area contributed by atoms with Gasteiger partial charge in [-0.25, -0.2) is 4.79 Å². The molecule has 0 aromatic heterocycles. The van der Waals surface area contributed by atoms with Gasteiger partial charge in [-0.1, -0.05) is 0 Å². The van der Waals surface area contributed by atoms with E-state index < -0.39 is 5.97 Å². The molecule has 0 N–H and O–H groups in total. The van der Waals surface area contributed by atoms with Crippen LogP contribution in [-0.2, 0) is 9.53 Å². The van der Waals surface area contributed by atoms with E-state index in [9.17, 15) is 4.79 Å². The Labute approximate surface area is 59.9 Å². The largest absolute Gasteiger partial charge is 0.463 e. The second kappa shape index (κ2) is 4.57. The maximum absolute atomic E-state index is 10.7. The average molecular weight is 139 g/mol. The molecule has 10 heavy (non-hydrogen) atoms. The van der Waals surface area contributed by atoms with Gasteiger partial charge in [0.25, 0.3) is 0 Å². The Balaban J connectivity index is 3.98. The fraction of sp³-hybridized carbons (Fsp3) is 0.429. The molecule has 0 aromatic carbocycles. The number of carbonyl (C=O) groups excluding carboxylic acids is 1. The summed E-state index contributed by atoms with van der Waals surface area (Å²) in [7, 11) is 0. The molecule has 0 bridgehead atoms. The summed E-state index contributed by atoms with van der Waals surface area (Å²) in [5, 5.41) is 8.12. The van der Waals surface area contributed by atoms with Gasteiger partial charge in [0.1, 0.15) is 0 Å². The lowest BCUT2D eigenvalue weighted by molar-refractivity contribution is -0.138. The Morgan fingerprint density at radius 2 is 2.40 bits per heavy atom. The molecule has 0 fully saturated rings. The molecule has 0 unspecified atom stereocenters. The zero-order chi connectivity index (χ0) is 7.98. The van der Waals surface area contributed by atoms with Crippen LogP contribution in [0.25, 0.3) is 0 Å². The first-order valence-corrected chi connectivity index (χ1v) is 2.95. The highest BCUT2D eigenvalue weighted by Crippen LogP contribution is 1.94. The molecule has 3 nitrogen and oxygen atoms in total. The van der Waals surface area contributed by atoms with E-state index in [4.69, 9.17) is 5.26 Å². The van der Waals surface area contributed by atoms with Gasteiger partial charge in [-0.05, 0) is 13.8 Å². The van der Waals surface area contributed by atoms with Crippen molar-refractivity contribution in [1.29, 1.82) is 5.26 Å². The summed E-state index contributed by atoms with van der Waals surface area (Å²) >= 11 is 0. The summed E-state index contributed by atoms with van der Waals surface area (Å²) < 4.78 is 4.60. The number of esters is 1. The third-order valence-corrected chi connectivity index (χ3v) is 0.878. The standard InChI is InChI=1S/C7H9NO2/c1-3-10-7(9)6(2)4-5-8/h4H,3H2,1-2H3. The van der Waals surface area contributed by atoms with Crippen LogP contribution in [0.2, 0.25) is 0 Å². The van der Waals surface area contributed by atoms with Gasteiger partial charge in [0.05, 0.1) is 12.7 Å². The van der Waals surface area contributed by atoms with Crippen molar-refractivity contribution < 1.29 is 9.53 Å². The van der Waals surface area contributed by atoms with Crippen LogP contribution in [0.3, 0.4) is 0 Å². The molecule has 0 spiro atoms. The summed E-state index contributed by atoms with van der Waals surface area (Å²) in [6, 6.07) is 1.74. The van der Waals surface area contributed by atoms with Gasteiger partial charge in [-0.3, -0.25) is 0 Å². The van der Waals surface area contributed by atoms with E-state index in [2.05, 4.69) is 4.74 Å². The summed E-state index contributed by atoms with van der Waals surface area (Å²) in [5.41, 5.74) is 0.337. The molecule has 0 aromatic rings. The van der Waals surface area contributed by atoms with Crippen LogP contribution < -0.4 is 0 Å². The highest BCUT2D eigenvalue weighted by Gasteiger charge is 2.01. The monoisotopic (exact) mass is 139 g/mol. The molecule has 0 atom stereocenters. The Kier molecular flexibility index (Phi) is 3.97. The maximum atomic E-state index is 10.7. The van der Waals surface area contributed by atoms with Crippen LogP contribution in [0.5, 0.6) is 0 Å². The second-order valence-electron chi connectivity index (χ2n) is 1.68. The van der Waals surface area contributed by atoms with Gasteiger partial charge < -0.3 is 4.74 Å². The van der Waals surface area contributed by atoms with E-state index >= 15 is 0 Å². The second-order valence-corrected chi connectivity index (χ2v) is 1.68. The van der Waals surface area contributed by atoms with E-state index in [0.29, 0.717) is 12.2 Å². The topological polar surface area (TPSA) is 50.1 Å². The molecule has 54 valence electrons. The van der Waals surface area contributed by atoms with Crippen LogP contribution in [0.15, 0.2) is 11.6 Å². The molecule has 0 rings (SSSR count). The summed E-state index contributed by atoms with van der Waals surface area (Å²) in [6.07, 6.45) is 1.16. The van der Waals surface area contributed by atoms with Crippen LogP contribution in [-0.4, -0.2) is 12.6 Å². The van der Waals surface area contributed by atoms with Crippen molar-refractivity contribution in [3.8, 4) is 6.07 Å². The summed E-state index contributed by atoms with van der Waals surface area (Å²) in [4.78, 5) is 10.7. The Hall–Kier alpha value is -1.30. The lowest BCUT2D eigenvalue weighted by atomic mass is 10.3. The van der Waals surface area contributed by atoms with Gasteiger partial charge in [0.15, 0.2) is 0 Å². The predicted octanol–water partition coefficient (Wildman–Crippen LogP) is 1.02. The van der Waals surface area contributed by atoms with Gasteiger partial charge in [-0.15, -0.1) is 0 Å². The Morgan fingerprint density at radius 3 is 2.80 bits per heavy atom. The van der Waals surface area contributed by atoms with Crippen molar-refractivity contribution in [1.82, 2.24) is 0 Å². The fourth-order valence-electron chi connectivity index (χ4n) is 0.401. The zero-order valence-corrected chi connectivity index (χ0v) is 6.05. The van der Waals surface area contributed by atoms with Crippen molar-refractivity contribution in [3.05, 3.63) is 11.6 Å². The molecule has 0 saturated heterocycles. The quantitative estimate of drug-likeness (QED) is 0.326. The minimum atomic E-state index is -0.427. The molecular formula is C7H9NO2. The fourth-order valence-corrected chi connectivity index (χ4v) is 0.401. The highest BCUT2D eigenvalue weighted by molar-refractivity contribution is 5.88. The number of carbonyl (C=O) groups is 1. The number of nitrogens with zero attached hydrogens (tertiary/aromatic N) is 1. The number of hydrogen-bond acceptors (Lipinski definition) is 3. The van der Waals surface area contributed by atoms with E-state index in [1.54, 1.807) is 19.9 Å². The molecule has 0 saturated carbocycles. The lowest BCUT2D eigenvalue weighted by Crippen LogP contribution is -2.04. The van der Waals surface area contributed by atoms with E-state index in [-0.39, 0.29) is 0 Å². The summed E-state index contributed by atoms with van der Waals surface area (Å²) in [6.45, 7) is 3.61. The minimum Gasteiger partial charge on any atom is -0.463 e. The van der Waals surface area contributed by atoms with Gasteiger partial charge in [0, 0.05) is 11.6 Å². The SMILES string of the molecule is CCOC(=O)C(C)=CC#N. The lowest BCUT2D eigenvalue weighted by Gasteiger charge is -1.97. The van der Waals surface area contributed by atoms with Crippen LogP contribution in [0.1, 0.15) is 13.8 Å². The Bertz CT molecular complexity index is 188. The van der Waals surface area contributed by atoms with Crippen molar-refractivity contribution in [3.63, 3.8) is 0 Å². The molecule has 3 heteroatoms. The van der Waals surface area contributed by atoms with E-state index in [0.717, 1.165) is 6.08 Å². The number of rotatable bonds is 2. The zero-order valence-electron chi connectivity index (χ0n) is 6.05. The highest BCUT2D eigenvalue weighted by atomic mass is 16.5. The van der Waals surface area contributed by atoms with Crippen LogP contribution in [0.4, 0.5) is 0 Å². The molecule has 0 aliphatic heterocycles. The molecule has 0 amide bonds. The maximum Gasteiger partial charge on any atom is 0.334 e.